The molecular weight excluding hydrogens is 269 g/mol. The van der Waals surface area contributed by atoms with Crippen molar-refractivity contribution in [2.24, 2.45) is 0 Å². The summed E-state index contributed by atoms with van der Waals surface area (Å²) in [5, 5.41) is 19.0. The third kappa shape index (κ3) is 3.07. The molecule has 1 aromatic carbocycles. The van der Waals surface area contributed by atoms with Gasteiger partial charge in [-0.25, -0.2) is 0 Å². The normalized spacial score (nSPS) is 20.8. The van der Waals surface area contributed by atoms with Crippen LogP contribution < -0.4 is 5.73 Å². The molecule has 1 aromatic rings. The maximum atomic E-state index is 9.62. The smallest absolute Gasteiger partial charge is 0.492 e. The van der Waals surface area contributed by atoms with E-state index in [4.69, 9.17) is 15.0 Å². The first-order valence-corrected chi connectivity index (χ1v) is 6.92. The molecule has 0 amide bonds. The largest absolute Gasteiger partial charge is 0.508 e. The van der Waals surface area contributed by atoms with Gasteiger partial charge in [0.25, 0.3) is 0 Å². The van der Waals surface area contributed by atoms with Crippen molar-refractivity contribution >= 4 is 18.9 Å². The quantitative estimate of drug-likeness (QED) is 0.585. The van der Waals surface area contributed by atoms with Crippen molar-refractivity contribution in [2.75, 3.05) is 12.3 Å². The van der Waals surface area contributed by atoms with Gasteiger partial charge in [-0.05, 0) is 50.9 Å². The Balaban J connectivity index is 2.31. The van der Waals surface area contributed by atoms with Gasteiger partial charge in [0.2, 0.25) is 0 Å². The SMILES string of the molecule is CC1(C)OB(C(=Cc2ccc(O)cc2N)CO)OC1(C)C. The summed E-state index contributed by atoms with van der Waals surface area (Å²) in [6.07, 6.45) is 1.73. The number of nitrogens with two attached hydrogens (primary N) is 1. The van der Waals surface area contributed by atoms with Crippen LogP contribution in [0.2, 0.25) is 0 Å². The highest BCUT2D eigenvalue weighted by atomic mass is 16.7. The van der Waals surface area contributed by atoms with Gasteiger partial charge in [0.05, 0.1) is 17.8 Å². The summed E-state index contributed by atoms with van der Waals surface area (Å²) in [5.41, 5.74) is 6.65. The number of benzene rings is 1. The highest BCUT2D eigenvalue weighted by Gasteiger charge is 2.52. The second-order valence-electron chi connectivity index (χ2n) is 6.28. The highest BCUT2D eigenvalue weighted by molar-refractivity contribution is 6.55. The Morgan fingerprint density at radius 3 is 2.29 bits per heavy atom. The van der Waals surface area contributed by atoms with E-state index in [9.17, 15) is 10.2 Å². The number of aliphatic hydroxyl groups is 1. The summed E-state index contributed by atoms with van der Waals surface area (Å²) in [6.45, 7) is 7.62. The van der Waals surface area contributed by atoms with Gasteiger partial charge in [-0.3, -0.25) is 0 Å². The maximum Gasteiger partial charge on any atom is 0.492 e. The third-order valence-corrected chi connectivity index (χ3v) is 4.15. The topological polar surface area (TPSA) is 84.9 Å². The van der Waals surface area contributed by atoms with E-state index >= 15 is 0 Å². The van der Waals surface area contributed by atoms with Crippen molar-refractivity contribution in [1.82, 2.24) is 0 Å². The monoisotopic (exact) mass is 291 g/mol. The lowest BCUT2D eigenvalue weighted by Crippen LogP contribution is -2.41. The maximum absolute atomic E-state index is 9.62. The number of aromatic hydroxyl groups is 1. The molecule has 0 aromatic heterocycles. The summed E-state index contributed by atoms with van der Waals surface area (Å²) < 4.78 is 11.8. The van der Waals surface area contributed by atoms with Crippen molar-refractivity contribution in [3.05, 3.63) is 29.2 Å². The van der Waals surface area contributed by atoms with Crippen LogP contribution >= 0.6 is 0 Å². The van der Waals surface area contributed by atoms with Gasteiger partial charge in [-0.2, -0.15) is 0 Å². The average molecular weight is 291 g/mol. The fraction of sp³-hybridized carbons (Fsp3) is 0.467. The number of nitrogen functional groups attached to an aromatic ring is 1. The molecule has 1 saturated heterocycles. The molecule has 1 aliphatic rings. The second kappa shape index (κ2) is 5.37. The van der Waals surface area contributed by atoms with Gasteiger partial charge in [0, 0.05) is 11.8 Å². The van der Waals surface area contributed by atoms with Crippen LogP contribution in [-0.4, -0.2) is 35.1 Å². The molecule has 2 rings (SSSR count). The van der Waals surface area contributed by atoms with E-state index in [0.29, 0.717) is 16.7 Å². The predicted molar refractivity (Wildman–Crippen MR) is 83.7 cm³/mol. The van der Waals surface area contributed by atoms with E-state index < -0.39 is 18.3 Å². The third-order valence-electron chi connectivity index (χ3n) is 4.15. The number of phenolic OH excluding ortho intramolecular Hbond substituents is 1. The number of anilines is 1. The first-order chi connectivity index (χ1) is 9.66. The van der Waals surface area contributed by atoms with Crippen molar-refractivity contribution in [1.29, 1.82) is 0 Å². The summed E-state index contributed by atoms with van der Waals surface area (Å²) in [7, 11) is -0.617. The van der Waals surface area contributed by atoms with Crippen LogP contribution in [0.3, 0.4) is 0 Å². The first kappa shape index (κ1) is 15.9. The molecular formula is C15H22BNO4. The van der Waals surface area contributed by atoms with E-state index in [1.165, 1.54) is 6.07 Å². The van der Waals surface area contributed by atoms with Crippen molar-refractivity contribution in [2.45, 2.75) is 38.9 Å². The van der Waals surface area contributed by atoms with Crippen molar-refractivity contribution in [3.8, 4) is 5.75 Å². The number of hydrogen-bond acceptors (Lipinski definition) is 5. The molecule has 0 aliphatic carbocycles. The van der Waals surface area contributed by atoms with Gasteiger partial charge in [-0.1, -0.05) is 6.08 Å². The van der Waals surface area contributed by atoms with Crippen LogP contribution in [0.15, 0.2) is 23.7 Å². The lowest BCUT2D eigenvalue weighted by atomic mass is 9.77. The standard InChI is InChI=1S/C15H22BNO4/c1-14(2)15(3,4)21-16(20-14)11(9-18)7-10-5-6-12(19)8-13(10)17/h5-8,18-19H,9,17H2,1-4H3. The van der Waals surface area contributed by atoms with Crippen LogP contribution in [-0.2, 0) is 9.31 Å². The molecule has 114 valence electrons. The summed E-state index contributed by atoms with van der Waals surface area (Å²) in [6, 6.07) is 4.69. The molecule has 0 bridgehead atoms. The molecule has 6 heteroatoms. The minimum atomic E-state index is -0.617. The highest BCUT2D eigenvalue weighted by Crippen LogP contribution is 2.39. The Morgan fingerprint density at radius 2 is 1.81 bits per heavy atom. The molecule has 4 N–H and O–H groups in total. The molecule has 1 heterocycles. The van der Waals surface area contributed by atoms with E-state index in [1.807, 2.05) is 27.7 Å². The number of rotatable bonds is 3. The fourth-order valence-electron chi connectivity index (χ4n) is 2.08. The Bertz CT molecular complexity index is 553. The van der Waals surface area contributed by atoms with Gasteiger partial charge < -0.3 is 25.3 Å². The van der Waals surface area contributed by atoms with E-state index in [-0.39, 0.29) is 12.4 Å². The number of phenols is 1. The van der Waals surface area contributed by atoms with Crippen LogP contribution in [0, 0.1) is 0 Å². The van der Waals surface area contributed by atoms with E-state index in [1.54, 1.807) is 18.2 Å². The minimum Gasteiger partial charge on any atom is -0.508 e. The number of hydrogen-bond donors (Lipinski definition) is 3. The summed E-state index contributed by atoms with van der Waals surface area (Å²) in [5.74, 6) is 0.103. The molecule has 0 spiro atoms. The predicted octanol–water partition coefficient (Wildman–Crippen LogP) is 1.98. The van der Waals surface area contributed by atoms with E-state index in [2.05, 4.69) is 0 Å². The molecule has 5 nitrogen and oxygen atoms in total. The second-order valence-corrected chi connectivity index (χ2v) is 6.28. The molecule has 1 aliphatic heterocycles. The zero-order chi connectivity index (χ0) is 15.8. The average Bonchev–Trinajstić information content (AvgIpc) is 2.57. The van der Waals surface area contributed by atoms with Crippen molar-refractivity contribution in [3.63, 3.8) is 0 Å². The van der Waals surface area contributed by atoms with Gasteiger partial charge in [0.15, 0.2) is 0 Å². The lowest BCUT2D eigenvalue weighted by Gasteiger charge is -2.32. The summed E-state index contributed by atoms with van der Waals surface area (Å²) in [4.78, 5) is 0. The molecule has 0 atom stereocenters. The van der Waals surface area contributed by atoms with Crippen LogP contribution in [0.1, 0.15) is 33.3 Å². The molecule has 1 fully saturated rings. The lowest BCUT2D eigenvalue weighted by molar-refractivity contribution is 0.00578. The molecule has 21 heavy (non-hydrogen) atoms. The fourth-order valence-corrected chi connectivity index (χ4v) is 2.08. The Kier molecular flexibility index (Phi) is 4.06. The Morgan fingerprint density at radius 1 is 1.24 bits per heavy atom. The molecule has 0 unspecified atom stereocenters. The zero-order valence-corrected chi connectivity index (χ0v) is 12.9. The van der Waals surface area contributed by atoms with Gasteiger partial charge in [-0.15, -0.1) is 0 Å². The Labute approximate surface area is 125 Å². The van der Waals surface area contributed by atoms with Crippen LogP contribution in [0.25, 0.3) is 6.08 Å². The zero-order valence-electron chi connectivity index (χ0n) is 12.9. The van der Waals surface area contributed by atoms with Crippen LogP contribution in [0.4, 0.5) is 5.69 Å². The van der Waals surface area contributed by atoms with Crippen LogP contribution in [0.5, 0.6) is 5.75 Å². The molecule has 0 saturated carbocycles. The Hall–Kier alpha value is -1.50. The minimum absolute atomic E-state index is 0.103. The van der Waals surface area contributed by atoms with Crippen molar-refractivity contribution < 1.29 is 19.5 Å². The first-order valence-electron chi connectivity index (χ1n) is 6.92. The van der Waals surface area contributed by atoms with Gasteiger partial charge in [0.1, 0.15) is 5.75 Å². The summed E-state index contributed by atoms with van der Waals surface area (Å²) >= 11 is 0. The van der Waals surface area contributed by atoms with Gasteiger partial charge >= 0.3 is 7.12 Å². The van der Waals surface area contributed by atoms with E-state index in [0.717, 1.165) is 0 Å². The molecule has 0 radical (unpaired) electrons. The number of aliphatic hydroxyl groups excluding tert-OH is 1.